The van der Waals surface area contributed by atoms with Crippen LogP contribution in [0, 0.1) is 0 Å². The summed E-state index contributed by atoms with van der Waals surface area (Å²) in [6.45, 7) is 6.93. The highest BCUT2D eigenvalue weighted by atomic mass is 16.8. The maximum atomic E-state index is 12.4. The van der Waals surface area contributed by atoms with Gasteiger partial charge in [-0.05, 0) is 44.5 Å². The molecule has 4 atom stereocenters. The molecule has 0 aliphatic carbocycles. The van der Waals surface area contributed by atoms with Crippen LogP contribution in [0.2, 0.25) is 0 Å². The molecule has 0 spiro atoms. The van der Waals surface area contributed by atoms with Crippen LogP contribution in [0.25, 0.3) is 0 Å². The molecule has 2 aliphatic rings. The Morgan fingerprint density at radius 2 is 1.68 bits per heavy atom. The maximum Gasteiger partial charge on any atom is 0.319 e. The second-order valence-corrected chi connectivity index (χ2v) is 9.52. The molecule has 1 aromatic rings. The zero-order valence-corrected chi connectivity index (χ0v) is 21.1. The fourth-order valence-corrected chi connectivity index (χ4v) is 4.41. The lowest BCUT2D eigenvalue weighted by Crippen LogP contribution is -2.44. The number of amides is 2. The molecule has 192 valence electrons. The number of carbonyl (C=O) groups is 1. The smallest absolute Gasteiger partial charge is 0.319 e. The third-order valence-electron chi connectivity index (χ3n) is 6.21. The molecule has 1 aromatic carbocycles. The highest BCUT2D eigenvalue weighted by molar-refractivity contribution is 5.89. The van der Waals surface area contributed by atoms with Gasteiger partial charge in [0.15, 0.2) is 12.1 Å². The molecule has 34 heavy (non-hydrogen) atoms. The van der Waals surface area contributed by atoms with Crippen molar-refractivity contribution in [1.29, 1.82) is 0 Å². The zero-order chi connectivity index (χ0) is 24.4. The van der Waals surface area contributed by atoms with Gasteiger partial charge in [0.05, 0.1) is 7.11 Å². The minimum atomic E-state index is -0.709. The Kier molecular flexibility index (Phi) is 10.4. The minimum Gasteiger partial charge on any atom is -0.497 e. The van der Waals surface area contributed by atoms with Gasteiger partial charge in [0.25, 0.3) is 0 Å². The minimum absolute atomic E-state index is 0.294. The molecule has 2 fully saturated rings. The van der Waals surface area contributed by atoms with E-state index in [9.17, 15) is 4.79 Å². The van der Waals surface area contributed by atoms with Gasteiger partial charge in [0.2, 0.25) is 0 Å². The first kappa shape index (κ1) is 26.7. The average molecular weight is 479 g/mol. The summed E-state index contributed by atoms with van der Waals surface area (Å²) in [5.74, 6) is 0.0239. The SMILES string of the molecule is CCCCCCCCCCO[C@@H]1[C@H]2OC(C)(C)O[C@H]2O[C@H]1CNC(=O)Nc1ccc(OC)cc1. The number of ether oxygens (including phenoxy) is 5. The van der Waals surface area contributed by atoms with Crippen molar-refractivity contribution in [3.63, 3.8) is 0 Å². The van der Waals surface area contributed by atoms with Gasteiger partial charge in [-0.15, -0.1) is 0 Å². The number of urea groups is 1. The van der Waals surface area contributed by atoms with E-state index in [-0.39, 0.29) is 24.3 Å². The lowest BCUT2D eigenvalue weighted by atomic mass is 10.1. The van der Waals surface area contributed by atoms with E-state index in [1.807, 2.05) is 13.8 Å². The highest BCUT2D eigenvalue weighted by Gasteiger charge is 2.55. The molecule has 8 nitrogen and oxygen atoms in total. The monoisotopic (exact) mass is 478 g/mol. The lowest BCUT2D eigenvalue weighted by molar-refractivity contribution is -0.217. The van der Waals surface area contributed by atoms with Crippen LogP contribution in [0.3, 0.4) is 0 Å². The van der Waals surface area contributed by atoms with E-state index < -0.39 is 12.1 Å². The summed E-state index contributed by atoms with van der Waals surface area (Å²) in [5, 5.41) is 5.69. The number of methoxy groups -OCH3 is 1. The molecular formula is C26H42N2O6. The van der Waals surface area contributed by atoms with E-state index in [0.29, 0.717) is 18.8 Å². The summed E-state index contributed by atoms with van der Waals surface area (Å²) in [7, 11) is 1.60. The van der Waals surface area contributed by atoms with Gasteiger partial charge in [-0.1, -0.05) is 51.9 Å². The number of fused-ring (bicyclic) bond motifs is 1. The van der Waals surface area contributed by atoms with Crippen LogP contribution >= 0.6 is 0 Å². The number of benzene rings is 1. The van der Waals surface area contributed by atoms with Crippen LogP contribution in [-0.4, -0.2) is 56.7 Å². The molecule has 8 heteroatoms. The molecule has 0 bridgehead atoms. The van der Waals surface area contributed by atoms with Crippen LogP contribution in [0.4, 0.5) is 10.5 Å². The Labute approximate surface area is 204 Å². The standard InChI is InChI=1S/C26H42N2O6/c1-5-6-7-8-9-10-11-12-17-31-22-21(32-24-23(22)33-26(2,3)34-24)18-27-25(29)28-19-13-15-20(30-4)16-14-19/h13-16,21-24H,5-12,17-18H2,1-4H3,(H2,27,28,29)/t21-,22-,23+,24+/m0/s1. The van der Waals surface area contributed by atoms with Gasteiger partial charge in [-0.25, -0.2) is 4.79 Å². The lowest BCUT2D eigenvalue weighted by Gasteiger charge is -2.26. The Morgan fingerprint density at radius 1 is 1.00 bits per heavy atom. The number of nitrogens with one attached hydrogen (secondary N) is 2. The maximum absolute atomic E-state index is 12.4. The predicted octanol–water partition coefficient (Wildman–Crippen LogP) is 5.22. The topological polar surface area (TPSA) is 87.3 Å². The van der Waals surface area contributed by atoms with Crippen LogP contribution < -0.4 is 15.4 Å². The third kappa shape index (κ3) is 8.12. The number of hydrogen-bond acceptors (Lipinski definition) is 6. The number of unbranched alkanes of at least 4 members (excludes halogenated alkanes) is 7. The van der Waals surface area contributed by atoms with E-state index in [1.54, 1.807) is 31.4 Å². The number of rotatable bonds is 14. The van der Waals surface area contributed by atoms with Gasteiger partial charge in [0.1, 0.15) is 24.1 Å². The van der Waals surface area contributed by atoms with Crippen LogP contribution in [0.5, 0.6) is 5.75 Å². The van der Waals surface area contributed by atoms with E-state index in [1.165, 1.54) is 38.5 Å². The second-order valence-electron chi connectivity index (χ2n) is 9.52. The van der Waals surface area contributed by atoms with Gasteiger partial charge in [-0.2, -0.15) is 0 Å². The fraction of sp³-hybridized carbons (Fsp3) is 0.731. The molecule has 0 unspecified atom stereocenters. The summed E-state index contributed by atoms with van der Waals surface area (Å²) in [6.07, 6.45) is 8.52. The Balaban J connectivity index is 1.43. The Hall–Kier alpha value is -1.87. The van der Waals surface area contributed by atoms with Gasteiger partial charge in [-0.3, -0.25) is 0 Å². The van der Waals surface area contributed by atoms with Crippen molar-refractivity contribution in [2.75, 3.05) is 25.6 Å². The second kappa shape index (κ2) is 13.3. The molecule has 2 heterocycles. The van der Waals surface area contributed by atoms with Crippen LogP contribution in [0.15, 0.2) is 24.3 Å². The van der Waals surface area contributed by atoms with Crippen molar-refractivity contribution in [3.05, 3.63) is 24.3 Å². The molecule has 2 saturated heterocycles. The zero-order valence-electron chi connectivity index (χ0n) is 21.1. The Bertz CT molecular complexity index is 741. The first-order chi connectivity index (χ1) is 16.4. The Morgan fingerprint density at radius 3 is 2.35 bits per heavy atom. The summed E-state index contributed by atoms with van der Waals surface area (Å²) in [6, 6.07) is 6.85. The van der Waals surface area contributed by atoms with Crippen LogP contribution in [-0.2, 0) is 18.9 Å². The highest BCUT2D eigenvalue weighted by Crippen LogP contribution is 2.38. The van der Waals surface area contributed by atoms with Crippen molar-refractivity contribution in [1.82, 2.24) is 5.32 Å². The third-order valence-corrected chi connectivity index (χ3v) is 6.21. The fourth-order valence-electron chi connectivity index (χ4n) is 4.41. The van der Waals surface area contributed by atoms with Gasteiger partial charge < -0.3 is 34.3 Å². The molecule has 2 aliphatic heterocycles. The number of carbonyl (C=O) groups excluding carboxylic acids is 1. The van der Waals surface area contributed by atoms with Crippen molar-refractivity contribution >= 4 is 11.7 Å². The molecule has 2 N–H and O–H groups in total. The predicted molar refractivity (Wildman–Crippen MR) is 131 cm³/mol. The van der Waals surface area contributed by atoms with Gasteiger partial charge >= 0.3 is 6.03 Å². The van der Waals surface area contributed by atoms with E-state index in [4.69, 9.17) is 23.7 Å². The van der Waals surface area contributed by atoms with Gasteiger partial charge in [0, 0.05) is 18.8 Å². The number of anilines is 1. The van der Waals surface area contributed by atoms with Crippen molar-refractivity contribution in [2.24, 2.45) is 0 Å². The largest absolute Gasteiger partial charge is 0.497 e. The molecule has 3 rings (SSSR count). The summed E-state index contributed by atoms with van der Waals surface area (Å²) < 4.78 is 29.4. The molecule has 0 radical (unpaired) electrons. The molecule has 0 aromatic heterocycles. The normalized spacial score (nSPS) is 25.2. The molecular weight excluding hydrogens is 436 g/mol. The molecule has 0 saturated carbocycles. The first-order valence-corrected chi connectivity index (χ1v) is 12.7. The summed E-state index contributed by atoms with van der Waals surface area (Å²) >= 11 is 0. The average Bonchev–Trinajstić information content (AvgIpc) is 3.28. The quantitative estimate of drug-likeness (QED) is 0.357. The van der Waals surface area contributed by atoms with E-state index in [2.05, 4.69) is 17.6 Å². The summed E-state index contributed by atoms with van der Waals surface area (Å²) in [4.78, 5) is 12.4. The van der Waals surface area contributed by atoms with Crippen molar-refractivity contribution < 1.29 is 28.5 Å². The molecule has 2 amide bonds. The van der Waals surface area contributed by atoms with E-state index >= 15 is 0 Å². The van der Waals surface area contributed by atoms with Crippen molar-refractivity contribution in [2.45, 2.75) is 103 Å². The summed E-state index contributed by atoms with van der Waals surface area (Å²) in [5.41, 5.74) is 0.679. The number of hydrogen-bond donors (Lipinski definition) is 2. The van der Waals surface area contributed by atoms with Crippen LogP contribution in [0.1, 0.15) is 72.1 Å². The van der Waals surface area contributed by atoms with Crippen molar-refractivity contribution in [3.8, 4) is 5.75 Å². The first-order valence-electron chi connectivity index (χ1n) is 12.7. The van der Waals surface area contributed by atoms with E-state index in [0.717, 1.165) is 18.6 Å².